The van der Waals surface area contributed by atoms with E-state index in [1.165, 1.54) is 33.3 Å². The summed E-state index contributed by atoms with van der Waals surface area (Å²) in [4.78, 5) is 12.7. The molecule has 8 nitrogen and oxygen atoms in total. The number of carbonyl (C=O) groups excluding carboxylic acids is 1. The van der Waals surface area contributed by atoms with Crippen LogP contribution in [0.25, 0.3) is 0 Å². The molecule has 1 aliphatic rings. The lowest BCUT2D eigenvalue weighted by molar-refractivity contribution is -0.120. The number of carbonyl (C=O) groups is 1. The Labute approximate surface area is 200 Å². The minimum absolute atomic E-state index is 0.00444. The minimum Gasteiger partial charge on any atom is -0.300 e. The average Bonchev–Trinajstić information content (AvgIpc) is 3.30. The maximum Gasteiger partial charge on any atom is 0.244 e. The van der Waals surface area contributed by atoms with Crippen molar-refractivity contribution in [1.29, 1.82) is 5.26 Å². The highest BCUT2D eigenvalue weighted by Gasteiger charge is 2.33. The Morgan fingerprint density at radius 1 is 1.12 bits per heavy atom. The van der Waals surface area contributed by atoms with Crippen molar-refractivity contribution in [2.45, 2.75) is 27.8 Å². The number of sulfonamides is 1. The fraction of sp³-hybridized carbons (Fsp3) is 0.273. The molecule has 0 spiro atoms. The predicted molar refractivity (Wildman–Crippen MR) is 127 cm³/mol. The van der Waals surface area contributed by atoms with Gasteiger partial charge in [-0.2, -0.15) is 9.57 Å². The van der Waals surface area contributed by atoms with Crippen LogP contribution in [0, 0.1) is 17.2 Å². The van der Waals surface area contributed by atoms with Crippen molar-refractivity contribution in [1.82, 2.24) is 14.5 Å². The van der Waals surface area contributed by atoms with Gasteiger partial charge in [0.25, 0.3) is 0 Å². The van der Waals surface area contributed by atoms with Crippen LogP contribution in [0.2, 0.25) is 0 Å². The van der Waals surface area contributed by atoms with Crippen LogP contribution in [-0.2, 0) is 20.6 Å². The Balaban J connectivity index is 1.31. The molecule has 1 amide bonds. The maximum atomic E-state index is 13.0. The molecule has 1 aromatic heterocycles. The number of benzene rings is 2. The lowest BCUT2D eigenvalue weighted by Gasteiger charge is -2.30. The number of hydrogen-bond donors (Lipinski definition) is 1. The molecular formula is C22H21N5O3S3. The minimum atomic E-state index is -3.78. The second kappa shape index (κ2) is 10.4. The monoisotopic (exact) mass is 499 g/mol. The Morgan fingerprint density at radius 2 is 1.82 bits per heavy atom. The molecule has 0 radical (unpaired) electrons. The second-order valence-corrected chi connectivity index (χ2v) is 11.5. The molecule has 3 aromatic rings. The van der Waals surface area contributed by atoms with E-state index in [2.05, 4.69) is 15.5 Å². The highest BCUT2D eigenvalue weighted by molar-refractivity contribution is 8.00. The SMILES string of the molecule is N#Cc1ccccc1S(=O)(=O)N1CCC(C(=O)Nc2nnc(SCc3ccccc3)s2)CC1. The molecule has 1 N–H and O–H groups in total. The molecular weight excluding hydrogens is 478 g/mol. The van der Waals surface area contributed by atoms with E-state index in [1.807, 2.05) is 36.4 Å². The molecule has 0 unspecified atom stereocenters. The highest BCUT2D eigenvalue weighted by atomic mass is 32.2. The summed E-state index contributed by atoms with van der Waals surface area (Å²) in [5, 5.41) is 20.7. The summed E-state index contributed by atoms with van der Waals surface area (Å²) in [5.74, 6) is 0.276. The first-order valence-corrected chi connectivity index (χ1v) is 13.5. The number of aromatic nitrogens is 2. The van der Waals surface area contributed by atoms with E-state index in [-0.39, 0.29) is 35.4 Å². The molecule has 170 valence electrons. The number of hydrogen-bond acceptors (Lipinski definition) is 8. The zero-order valence-corrected chi connectivity index (χ0v) is 20.0. The van der Waals surface area contributed by atoms with E-state index in [4.69, 9.17) is 0 Å². The molecule has 2 heterocycles. The normalized spacial score (nSPS) is 15.1. The van der Waals surface area contributed by atoms with Crippen LogP contribution >= 0.6 is 23.1 Å². The predicted octanol–water partition coefficient (Wildman–Crippen LogP) is 3.74. The largest absolute Gasteiger partial charge is 0.300 e. The molecule has 2 aromatic carbocycles. The third-order valence-electron chi connectivity index (χ3n) is 5.29. The Bertz CT molecular complexity index is 1260. The summed E-state index contributed by atoms with van der Waals surface area (Å²) in [6, 6.07) is 18.1. The van der Waals surface area contributed by atoms with Gasteiger partial charge in [-0.1, -0.05) is 65.6 Å². The van der Waals surface area contributed by atoms with Gasteiger partial charge in [-0.15, -0.1) is 10.2 Å². The van der Waals surface area contributed by atoms with Gasteiger partial charge in [0, 0.05) is 24.8 Å². The van der Waals surface area contributed by atoms with Gasteiger partial charge in [0.15, 0.2) is 4.34 Å². The Morgan fingerprint density at radius 3 is 2.55 bits per heavy atom. The number of nitriles is 1. The van der Waals surface area contributed by atoms with Gasteiger partial charge >= 0.3 is 0 Å². The topological polar surface area (TPSA) is 116 Å². The van der Waals surface area contributed by atoms with Crippen LogP contribution in [0.15, 0.2) is 63.8 Å². The first kappa shape index (κ1) is 23.4. The van der Waals surface area contributed by atoms with Crippen LogP contribution in [0.3, 0.4) is 0 Å². The quantitative estimate of drug-likeness (QED) is 0.389. The fourth-order valence-electron chi connectivity index (χ4n) is 3.53. The molecule has 1 fully saturated rings. The third-order valence-corrected chi connectivity index (χ3v) is 9.29. The molecule has 0 saturated carbocycles. The Hall–Kier alpha value is -2.78. The molecule has 11 heteroatoms. The lowest BCUT2D eigenvalue weighted by Crippen LogP contribution is -2.41. The van der Waals surface area contributed by atoms with E-state index in [9.17, 15) is 18.5 Å². The molecule has 33 heavy (non-hydrogen) atoms. The van der Waals surface area contributed by atoms with Crippen molar-refractivity contribution in [3.63, 3.8) is 0 Å². The van der Waals surface area contributed by atoms with Crippen LogP contribution in [0.5, 0.6) is 0 Å². The Kier molecular flexibility index (Phi) is 7.39. The maximum absolute atomic E-state index is 13.0. The summed E-state index contributed by atoms with van der Waals surface area (Å²) in [6.07, 6.45) is 0.794. The number of amides is 1. The molecule has 0 bridgehead atoms. The van der Waals surface area contributed by atoms with E-state index >= 15 is 0 Å². The van der Waals surface area contributed by atoms with Gasteiger partial charge in [0.05, 0.1) is 10.5 Å². The van der Waals surface area contributed by atoms with Crippen LogP contribution in [-0.4, -0.2) is 41.9 Å². The first-order chi connectivity index (χ1) is 16.0. The standard InChI is InChI=1S/C22H21N5O3S3/c23-14-18-8-4-5-9-19(18)33(29,30)27-12-10-17(11-13-27)20(28)24-21-25-26-22(32-21)31-15-16-6-2-1-3-7-16/h1-9,17H,10-13,15H2,(H,24,25,28). The average molecular weight is 500 g/mol. The van der Waals surface area contributed by atoms with Gasteiger partial charge < -0.3 is 5.32 Å². The van der Waals surface area contributed by atoms with E-state index in [0.29, 0.717) is 18.0 Å². The van der Waals surface area contributed by atoms with Crippen molar-refractivity contribution in [3.8, 4) is 6.07 Å². The van der Waals surface area contributed by atoms with Gasteiger partial charge in [0.1, 0.15) is 6.07 Å². The summed E-state index contributed by atoms with van der Waals surface area (Å²) >= 11 is 2.88. The molecule has 0 atom stereocenters. The molecule has 4 rings (SSSR count). The molecule has 1 aliphatic heterocycles. The lowest BCUT2D eigenvalue weighted by atomic mass is 9.97. The van der Waals surface area contributed by atoms with Crippen LogP contribution in [0.1, 0.15) is 24.0 Å². The first-order valence-electron chi connectivity index (χ1n) is 10.3. The van der Waals surface area contributed by atoms with Gasteiger partial charge in [-0.05, 0) is 30.5 Å². The van der Waals surface area contributed by atoms with Crippen LogP contribution < -0.4 is 5.32 Å². The number of nitrogens with zero attached hydrogens (tertiary/aromatic N) is 4. The number of thioether (sulfide) groups is 1. The summed E-state index contributed by atoms with van der Waals surface area (Å²) in [6.45, 7) is 0.433. The third kappa shape index (κ3) is 5.59. The number of anilines is 1. The van der Waals surface area contributed by atoms with Crippen molar-refractivity contribution >= 4 is 44.2 Å². The van der Waals surface area contributed by atoms with E-state index < -0.39 is 10.0 Å². The summed E-state index contributed by atoms with van der Waals surface area (Å²) in [7, 11) is -3.78. The van der Waals surface area contributed by atoms with Crippen molar-refractivity contribution in [3.05, 3.63) is 65.7 Å². The van der Waals surface area contributed by atoms with Crippen LogP contribution in [0.4, 0.5) is 5.13 Å². The summed E-state index contributed by atoms with van der Waals surface area (Å²) in [5.41, 5.74) is 1.30. The number of piperidine rings is 1. The number of rotatable bonds is 7. The van der Waals surface area contributed by atoms with Crippen molar-refractivity contribution in [2.75, 3.05) is 18.4 Å². The zero-order valence-electron chi connectivity index (χ0n) is 17.5. The zero-order chi connectivity index (χ0) is 23.3. The molecule has 1 saturated heterocycles. The van der Waals surface area contributed by atoms with Gasteiger partial charge in [0.2, 0.25) is 21.1 Å². The van der Waals surface area contributed by atoms with Crippen molar-refractivity contribution in [2.24, 2.45) is 5.92 Å². The smallest absolute Gasteiger partial charge is 0.244 e. The molecule has 0 aliphatic carbocycles. The number of nitrogens with one attached hydrogen (secondary N) is 1. The highest BCUT2D eigenvalue weighted by Crippen LogP contribution is 2.30. The summed E-state index contributed by atoms with van der Waals surface area (Å²) < 4.78 is 28.0. The fourth-order valence-corrected chi connectivity index (χ4v) is 6.85. The second-order valence-electron chi connectivity index (χ2n) is 7.42. The van der Waals surface area contributed by atoms with E-state index in [1.54, 1.807) is 23.9 Å². The van der Waals surface area contributed by atoms with E-state index in [0.717, 1.165) is 10.1 Å². The van der Waals surface area contributed by atoms with Gasteiger partial charge in [-0.3, -0.25) is 4.79 Å². The van der Waals surface area contributed by atoms with Gasteiger partial charge in [-0.25, -0.2) is 8.42 Å². The van der Waals surface area contributed by atoms with Crippen molar-refractivity contribution < 1.29 is 13.2 Å².